The Morgan fingerprint density at radius 2 is 1.90 bits per heavy atom. The molecule has 1 aromatic carbocycles. The third kappa shape index (κ3) is 3.41. The highest BCUT2D eigenvalue weighted by Crippen LogP contribution is 2.34. The highest BCUT2D eigenvalue weighted by Gasteiger charge is 2.21. The summed E-state index contributed by atoms with van der Waals surface area (Å²) < 4.78 is 42.8. The van der Waals surface area contributed by atoms with E-state index in [9.17, 15) is 8.42 Å². The molecule has 0 unspecified atom stereocenters. The summed E-state index contributed by atoms with van der Waals surface area (Å²) in [7, 11) is -1.96. The number of benzene rings is 1. The standard InChI is InChI=1S/C13H19NO5S/c1-10-8-11-12(19-7-6-18-11)9-13(10)20(15,16)14-4-3-5-17-2/h8-9,14H,3-7H2,1-2H3. The molecule has 0 saturated heterocycles. The molecule has 0 saturated carbocycles. The topological polar surface area (TPSA) is 73.9 Å². The fourth-order valence-corrected chi connectivity index (χ4v) is 3.28. The lowest BCUT2D eigenvalue weighted by atomic mass is 10.2. The van der Waals surface area contributed by atoms with Crippen LogP contribution in [0, 0.1) is 6.92 Å². The molecule has 1 heterocycles. The van der Waals surface area contributed by atoms with Crippen molar-refractivity contribution in [2.45, 2.75) is 18.2 Å². The van der Waals surface area contributed by atoms with E-state index in [0.717, 1.165) is 0 Å². The van der Waals surface area contributed by atoms with E-state index >= 15 is 0 Å². The van der Waals surface area contributed by atoms with Gasteiger partial charge in [0.25, 0.3) is 0 Å². The van der Waals surface area contributed by atoms with Crippen LogP contribution in [0.2, 0.25) is 0 Å². The molecule has 0 fully saturated rings. The molecule has 6 nitrogen and oxygen atoms in total. The summed E-state index contributed by atoms with van der Waals surface area (Å²) in [4.78, 5) is 0.221. The zero-order valence-corrected chi connectivity index (χ0v) is 12.5. The highest BCUT2D eigenvalue weighted by atomic mass is 32.2. The van der Waals surface area contributed by atoms with Crippen molar-refractivity contribution in [3.05, 3.63) is 17.7 Å². The molecule has 1 N–H and O–H groups in total. The maximum atomic E-state index is 12.3. The maximum Gasteiger partial charge on any atom is 0.240 e. The largest absolute Gasteiger partial charge is 0.486 e. The minimum Gasteiger partial charge on any atom is -0.486 e. The summed E-state index contributed by atoms with van der Waals surface area (Å²) in [5, 5.41) is 0. The number of ether oxygens (including phenoxy) is 3. The summed E-state index contributed by atoms with van der Waals surface area (Å²) in [6.07, 6.45) is 0.624. The van der Waals surface area contributed by atoms with Gasteiger partial charge in [-0.15, -0.1) is 0 Å². The first-order chi connectivity index (χ1) is 9.54. The van der Waals surface area contributed by atoms with Gasteiger partial charge in [0.15, 0.2) is 11.5 Å². The van der Waals surface area contributed by atoms with Gasteiger partial charge in [-0.05, 0) is 25.0 Å². The molecule has 1 aromatic rings. The Bertz CT molecular complexity index is 570. The van der Waals surface area contributed by atoms with Gasteiger partial charge in [-0.25, -0.2) is 13.1 Å². The molecular weight excluding hydrogens is 282 g/mol. The summed E-state index contributed by atoms with van der Waals surface area (Å²) >= 11 is 0. The third-order valence-electron chi connectivity index (χ3n) is 2.95. The van der Waals surface area contributed by atoms with Gasteiger partial charge in [-0.2, -0.15) is 0 Å². The maximum absolute atomic E-state index is 12.3. The van der Waals surface area contributed by atoms with Gasteiger partial charge in [0, 0.05) is 26.3 Å². The summed E-state index contributed by atoms with van der Waals surface area (Å²) in [5.74, 6) is 1.06. The Morgan fingerprint density at radius 1 is 1.25 bits per heavy atom. The summed E-state index contributed by atoms with van der Waals surface area (Å²) in [5.41, 5.74) is 0.633. The number of sulfonamides is 1. The molecule has 0 spiro atoms. The van der Waals surface area contributed by atoms with Crippen LogP contribution in [0.1, 0.15) is 12.0 Å². The van der Waals surface area contributed by atoms with Crippen molar-refractivity contribution >= 4 is 10.0 Å². The van der Waals surface area contributed by atoms with Crippen molar-refractivity contribution in [1.82, 2.24) is 4.72 Å². The second-order valence-corrected chi connectivity index (χ2v) is 6.24. The Labute approximate surface area is 119 Å². The van der Waals surface area contributed by atoms with E-state index in [2.05, 4.69) is 4.72 Å². The van der Waals surface area contributed by atoms with Crippen molar-refractivity contribution in [3.8, 4) is 11.5 Å². The number of aryl methyl sites for hydroxylation is 1. The molecule has 0 radical (unpaired) electrons. The van der Waals surface area contributed by atoms with E-state index in [1.807, 2.05) is 0 Å². The number of fused-ring (bicyclic) bond motifs is 1. The second-order valence-electron chi connectivity index (χ2n) is 4.51. The third-order valence-corrected chi connectivity index (χ3v) is 4.55. The number of hydrogen-bond donors (Lipinski definition) is 1. The zero-order chi connectivity index (χ0) is 14.6. The minimum atomic E-state index is -3.55. The molecule has 0 amide bonds. The molecule has 112 valence electrons. The first-order valence-electron chi connectivity index (χ1n) is 6.43. The predicted octanol–water partition coefficient (Wildman–Crippen LogP) is 1.08. The molecule has 1 aliphatic rings. The zero-order valence-electron chi connectivity index (χ0n) is 11.6. The molecule has 0 bridgehead atoms. The van der Waals surface area contributed by atoms with E-state index in [-0.39, 0.29) is 4.90 Å². The Kier molecular flexibility index (Phi) is 4.85. The van der Waals surface area contributed by atoms with E-state index in [0.29, 0.717) is 49.8 Å². The first kappa shape index (κ1) is 15.1. The van der Waals surface area contributed by atoms with Crippen molar-refractivity contribution < 1.29 is 22.6 Å². The van der Waals surface area contributed by atoms with Crippen LogP contribution in [0.25, 0.3) is 0 Å². The first-order valence-corrected chi connectivity index (χ1v) is 7.92. The van der Waals surface area contributed by atoms with Crippen LogP contribution in [-0.2, 0) is 14.8 Å². The molecule has 20 heavy (non-hydrogen) atoms. The normalized spacial score (nSPS) is 14.3. The molecule has 2 rings (SSSR count). The minimum absolute atomic E-state index is 0.221. The fraction of sp³-hybridized carbons (Fsp3) is 0.538. The van der Waals surface area contributed by atoms with Gasteiger partial charge in [0.1, 0.15) is 13.2 Å². The van der Waals surface area contributed by atoms with Gasteiger partial charge in [-0.3, -0.25) is 0 Å². The Hall–Kier alpha value is -1.31. The summed E-state index contributed by atoms with van der Waals surface area (Å²) in [6.45, 7) is 3.50. The van der Waals surface area contributed by atoms with Crippen LogP contribution >= 0.6 is 0 Å². The molecular formula is C13H19NO5S. The lowest BCUT2D eigenvalue weighted by molar-refractivity contribution is 0.171. The molecule has 0 aromatic heterocycles. The lowest BCUT2D eigenvalue weighted by Gasteiger charge is -2.20. The van der Waals surface area contributed by atoms with Crippen molar-refractivity contribution in [1.29, 1.82) is 0 Å². The average molecular weight is 301 g/mol. The second kappa shape index (κ2) is 6.43. The number of rotatable bonds is 6. The van der Waals surface area contributed by atoms with E-state index in [1.54, 1.807) is 20.1 Å². The van der Waals surface area contributed by atoms with Gasteiger partial charge >= 0.3 is 0 Å². The quantitative estimate of drug-likeness (QED) is 0.796. The van der Waals surface area contributed by atoms with Gasteiger partial charge in [-0.1, -0.05) is 0 Å². The molecule has 1 aliphatic heterocycles. The molecule has 0 atom stereocenters. The average Bonchev–Trinajstić information content (AvgIpc) is 2.43. The highest BCUT2D eigenvalue weighted by molar-refractivity contribution is 7.89. The van der Waals surface area contributed by atoms with Gasteiger partial charge in [0.05, 0.1) is 4.90 Å². The van der Waals surface area contributed by atoms with Crippen LogP contribution in [-0.4, -0.2) is 41.9 Å². The van der Waals surface area contributed by atoms with E-state index < -0.39 is 10.0 Å². The van der Waals surface area contributed by atoms with E-state index in [4.69, 9.17) is 14.2 Å². The van der Waals surface area contributed by atoms with Crippen molar-refractivity contribution in [2.24, 2.45) is 0 Å². The van der Waals surface area contributed by atoms with E-state index in [1.165, 1.54) is 6.07 Å². The number of nitrogens with one attached hydrogen (secondary N) is 1. The lowest BCUT2D eigenvalue weighted by Crippen LogP contribution is -2.26. The number of methoxy groups -OCH3 is 1. The Balaban J connectivity index is 2.18. The monoisotopic (exact) mass is 301 g/mol. The fourth-order valence-electron chi connectivity index (χ4n) is 1.96. The van der Waals surface area contributed by atoms with Crippen molar-refractivity contribution in [3.63, 3.8) is 0 Å². The van der Waals surface area contributed by atoms with Crippen LogP contribution in [0.3, 0.4) is 0 Å². The SMILES string of the molecule is COCCCNS(=O)(=O)c1cc2c(cc1C)OCCO2. The van der Waals surface area contributed by atoms with Crippen LogP contribution < -0.4 is 14.2 Å². The smallest absolute Gasteiger partial charge is 0.240 e. The predicted molar refractivity (Wildman–Crippen MR) is 73.9 cm³/mol. The molecule has 0 aliphatic carbocycles. The summed E-state index contributed by atoms with van der Waals surface area (Å²) in [6, 6.07) is 3.21. The van der Waals surface area contributed by atoms with Gasteiger partial charge < -0.3 is 14.2 Å². The van der Waals surface area contributed by atoms with Crippen LogP contribution in [0.15, 0.2) is 17.0 Å². The van der Waals surface area contributed by atoms with Crippen LogP contribution in [0.5, 0.6) is 11.5 Å². The number of hydrogen-bond acceptors (Lipinski definition) is 5. The Morgan fingerprint density at radius 3 is 2.55 bits per heavy atom. The van der Waals surface area contributed by atoms with Gasteiger partial charge in [0.2, 0.25) is 10.0 Å². The van der Waals surface area contributed by atoms with Crippen molar-refractivity contribution in [2.75, 3.05) is 33.5 Å². The van der Waals surface area contributed by atoms with Crippen LogP contribution in [0.4, 0.5) is 0 Å². The molecule has 7 heteroatoms.